The maximum Gasteiger partial charge on any atom is 0.265 e. The largest absolute Gasteiger partial charge is 0.265 e. The lowest BCUT2D eigenvalue weighted by Gasteiger charge is -2.04. The number of thiophene rings is 1. The molecule has 1 heterocycles. The molecule has 0 saturated heterocycles. The van der Waals surface area contributed by atoms with Gasteiger partial charge in [0.15, 0.2) is 0 Å². The van der Waals surface area contributed by atoms with Crippen LogP contribution in [0.4, 0.5) is 13.2 Å². The lowest BCUT2D eigenvalue weighted by Crippen LogP contribution is -1.89. The Morgan fingerprint density at radius 1 is 1.36 bits per heavy atom. The molecule has 14 heavy (non-hydrogen) atoms. The van der Waals surface area contributed by atoms with Gasteiger partial charge in [-0.3, -0.25) is 0 Å². The summed E-state index contributed by atoms with van der Waals surface area (Å²) in [5, 5.41) is 2.06. The highest BCUT2D eigenvalue weighted by molar-refractivity contribution is 9.10. The van der Waals surface area contributed by atoms with Gasteiger partial charge in [0.2, 0.25) is 0 Å². The summed E-state index contributed by atoms with van der Waals surface area (Å²) in [6, 6.07) is 2.46. The summed E-state index contributed by atoms with van der Waals surface area (Å²) < 4.78 is 39.0. The highest BCUT2D eigenvalue weighted by atomic mass is 79.9. The predicted molar refractivity (Wildman–Crippen MR) is 54.4 cm³/mol. The zero-order valence-corrected chi connectivity index (χ0v) is 9.13. The highest BCUT2D eigenvalue weighted by Gasteiger charge is 2.17. The van der Waals surface area contributed by atoms with E-state index in [9.17, 15) is 13.2 Å². The van der Waals surface area contributed by atoms with Crippen molar-refractivity contribution in [3.05, 3.63) is 33.4 Å². The number of rotatable bonds is 1. The van der Waals surface area contributed by atoms with E-state index in [2.05, 4.69) is 15.9 Å². The van der Waals surface area contributed by atoms with Crippen LogP contribution in [0.3, 0.4) is 0 Å². The first kappa shape index (κ1) is 9.98. The number of benzene rings is 1. The number of hydrogen-bond donors (Lipinski definition) is 0. The fourth-order valence-electron chi connectivity index (χ4n) is 1.23. The molecule has 1 aromatic carbocycles. The molecule has 0 radical (unpaired) electrons. The van der Waals surface area contributed by atoms with Crippen LogP contribution >= 0.6 is 27.3 Å². The second-order valence-electron chi connectivity index (χ2n) is 2.73. The van der Waals surface area contributed by atoms with Gasteiger partial charge in [0.1, 0.15) is 5.82 Å². The van der Waals surface area contributed by atoms with Crippen molar-refractivity contribution in [3.63, 3.8) is 0 Å². The fraction of sp³-hybridized carbons (Fsp3) is 0.111. The Labute approximate surface area is 90.5 Å². The predicted octanol–water partition coefficient (Wildman–Crippen LogP) is 4.74. The smallest absolute Gasteiger partial charge is 0.206 e. The van der Waals surface area contributed by atoms with Crippen LogP contribution in [0.25, 0.3) is 10.1 Å². The third kappa shape index (κ3) is 1.44. The van der Waals surface area contributed by atoms with Crippen molar-refractivity contribution in [2.24, 2.45) is 0 Å². The summed E-state index contributed by atoms with van der Waals surface area (Å²) in [4.78, 5) is 0. The van der Waals surface area contributed by atoms with Crippen molar-refractivity contribution < 1.29 is 13.2 Å². The van der Waals surface area contributed by atoms with Crippen LogP contribution in [0, 0.1) is 5.82 Å². The summed E-state index contributed by atoms with van der Waals surface area (Å²) in [6.07, 6.45) is -2.66. The molecule has 0 N–H and O–H groups in total. The van der Waals surface area contributed by atoms with Gasteiger partial charge in [-0.25, -0.2) is 13.2 Å². The third-order valence-electron chi connectivity index (χ3n) is 1.89. The van der Waals surface area contributed by atoms with Gasteiger partial charge in [0.25, 0.3) is 6.43 Å². The Hall–Kier alpha value is -0.550. The Morgan fingerprint density at radius 2 is 2.07 bits per heavy atom. The first-order valence-corrected chi connectivity index (χ1v) is 5.41. The van der Waals surface area contributed by atoms with Crippen LogP contribution in [-0.4, -0.2) is 0 Å². The van der Waals surface area contributed by atoms with Crippen molar-refractivity contribution in [3.8, 4) is 0 Å². The first-order chi connectivity index (χ1) is 6.61. The molecule has 2 aromatic rings. The number of alkyl halides is 2. The van der Waals surface area contributed by atoms with Crippen molar-refractivity contribution in [2.75, 3.05) is 0 Å². The van der Waals surface area contributed by atoms with Crippen LogP contribution in [-0.2, 0) is 0 Å². The van der Waals surface area contributed by atoms with Crippen LogP contribution in [0.5, 0.6) is 0 Å². The van der Waals surface area contributed by atoms with Crippen LogP contribution < -0.4 is 0 Å². The maximum atomic E-state index is 13.3. The molecular formula is C9H4BrF3S. The van der Waals surface area contributed by atoms with Gasteiger partial charge in [-0.2, -0.15) is 0 Å². The van der Waals surface area contributed by atoms with Gasteiger partial charge in [0.05, 0.1) is 4.70 Å². The average Bonchev–Trinajstić information content (AvgIpc) is 2.59. The van der Waals surface area contributed by atoms with Crippen molar-refractivity contribution in [1.29, 1.82) is 0 Å². The Morgan fingerprint density at radius 3 is 2.71 bits per heavy atom. The van der Waals surface area contributed by atoms with E-state index in [4.69, 9.17) is 0 Å². The highest BCUT2D eigenvalue weighted by Crippen LogP contribution is 2.37. The molecule has 0 saturated carbocycles. The molecule has 2 rings (SSSR count). The minimum absolute atomic E-state index is 0.291. The zero-order chi connectivity index (χ0) is 10.3. The molecule has 0 aliphatic rings. The average molecular weight is 281 g/mol. The Balaban J connectivity index is 2.82. The van der Waals surface area contributed by atoms with E-state index in [1.807, 2.05) is 0 Å². The molecule has 0 aliphatic heterocycles. The van der Waals surface area contributed by atoms with Gasteiger partial charge in [-0.15, -0.1) is 11.3 Å². The van der Waals surface area contributed by atoms with Gasteiger partial charge in [0, 0.05) is 15.4 Å². The quantitative estimate of drug-likeness (QED) is 0.708. The lowest BCUT2D eigenvalue weighted by atomic mass is 10.2. The summed E-state index contributed by atoms with van der Waals surface area (Å²) >= 11 is 4.30. The monoisotopic (exact) mass is 280 g/mol. The maximum absolute atomic E-state index is 13.3. The van der Waals surface area contributed by atoms with Crippen molar-refractivity contribution >= 4 is 37.4 Å². The van der Waals surface area contributed by atoms with Crippen molar-refractivity contribution in [1.82, 2.24) is 0 Å². The normalized spacial score (nSPS) is 11.5. The molecule has 0 unspecified atom stereocenters. The minimum atomic E-state index is -2.66. The zero-order valence-electron chi connectivity index (χ0n) is 6.73. The SMILES string of the molecule is Fc1cc(C(F)F)c(Br)c2sccc12. The third-order valence-corrected chi connectivity index (χ3v) is 3.94. The minimum Gasteiger partial charge on any atom is -0.206 e. The van der Waals surface area contributed by atoms with E-state index >= 15 is 0 Å². The second-order valence-corrected chi connectivity index (χ2v) is 4.43. The van der Waals surface area contributed by atoms with E-state index in [0.29, 0.717) is 14.6 Å². The Bertz CT molecular complexity index is 478. The molecule has 0 atom stereocenters. The second kappa shape index (κ2) is 3.55. The van der Waals surface area contributed by atoms with Crippen LogP contribution in [0.2, 0.25) is 0 Å². The van der Waals surface area contributed by atoms with Gasteiger partial charge in [-0.05, 0) is 33.4 Å². The fourth-order valence-corrected chi connectivity index (χ4v) is 2.87. The molecule has 5 heteroatoms. The Kier molecular flexibility index (Phi) is 2.53. The molecular weight excluding hydrogens is 277 g/mol. The van der Waals surface area contributed by atoms with Gasteiger partial charge >= 0.3 is 0 Å². The topological polar surface area (TPSA) is 0 Å². The summed E-state index contributed by atoms with van der Waals surface area (Å²) in [6.45, 7) is 0. The standard InChI is InChI=1S/C9H4BrF3S/c10-7-5(9(12)13)3-6(11)4-1-2-14-8(4)7/h1-3,9H. The molecule has 74 valence electrons. The van der Waals surface area contributed by atoms with Crippen LogP contribution in [0.1, 0.15) is 12.0 Å². The van der Waals surface area contributed by atoms with Crippen LogP contribution in [0.15, 0.2) is 22.0 Å². The molecule has 0 bridgehead atoms. The molecule has 0 spiro atoms. The van der Waals surface area contributed by atoms with E-state index in [1.165, 1.54) is 11.3 Å². The number of fused-ring (bicyclic) bond motifs is 1. The first-order valence-electron chi connectivity index (χ1n) is 3.74. The summed E-state index contributed by atoms with van der Waals surface area (Å²) in [5.74, 6) is -0.597. The molecule has 0 fully saturated rings. The number of hydrogen-bond acceptors (Lipinski definition) is 1. The van der Waals surface area contributed by atoms with Gasteiger partial charge in [-0.1, -0.05) is 0 Å². The van der Waals surface area contributed by atoms with E-state index in [1.54, 1.807) is 11.4 Å². The van der Waals surface area contributed by atoms with E-state index in [-0.39, 0.29) is 5.56 Å². The molecule has 1 aromatic heterocycles. The van der Waals surface area contributed by atoms with Gasteiger partial charge < -0.3 is 0 Å². The van der Waals surface area contributed by atoms with E-state index in [0.717, 1.165) is 6.07 Å². The lowest BCUT2D eigenvalue weighted by molar-refractivity contribution is 0.150. The van der Waals surface area contributed by atoms with Crippen molar-refractivity contribution in [2.45, 2.75) is 6.43 Å². The molecule has 0 amide bonds. The molecule has 0 aliphatic carbocycles. The number of halogens is 4. The summed E-state index contributed by atoms with van der Waals surface area (Å²) in [5.41, 5.74) is -0.294. The summed E-state index contributed by atoms with van der Waals surface area (Å²) in [7, 11) is 0. The van der Waals surface area contributed by atoms with E-state index < -0.39 is 12.2 Å². The molecule has 0 nitrogen and oxygen atoms in total.